The monoisotopic (exact) mass is 280 g/mol. The molecule has 1 aliphatic heterocycles. The molecular weight excluding hydrogens is 255 g/mol. The van der Waals surface area contributed by atoms with Crippen LogP contribution >= 0.6 is 8.19 Å². The van der Waals surface area contributed by atoms with Gasteiger partial charge in [-0.25, -0.2) is 0 Å². The average Bonchev–Trinajstić information content (AvgIpc) is 2.77. The molecule has 0 saturated carbocycles. The van der Waals surface area contributed by atoms with Crippen molar-refractivity contribution in [1.29, 1.82) is 0 Å². The summed E-state index contributed by atoms with van der Waals surface area (Å²) in [4.78, 5) is 11.8. The zero-order valence-corrected chi connectivity index (χ0v) is 13.2. The summed E-state index contributed by atoms with van der Waals surface area (Å²) in [6, 6.07) is 0. The summed E-state index contributed by atoms with van der Waals surface area (Å²) in [6.07, 6.45) is 3.24. The summed E-state index contributed by atoms with van der Waals surface area (Å²) in [6.45, 7) is 8.75. The highest BCUT2D eigenvalue weighted by Gasteiger charge is 2.30. The maximum absolute atomic E-state index is 11.8. The van der Waals surface area contributed by atoms with Crippen LogP contribution in [-0.2, 0) is 12.8 Å². The first-order chi connectivity index (χ1) is 9.10. The fourth-order valence-corrected chi connectivity index (χ4v) is 4.83. The van der Waals surface area contributed by atoms with Crippen LogP contribution in [0.1, 0.15) is 59.6 Å². The molecule has 1 unspecified atom stereocenters. The molecule has 3 nitrogen and oxygen atoms in total. The molecule has 0 bridgehead atoms. The van der Waals surface area contributed by atoms with E-state index >= 15 is 0 Å². The Bertz CT molecular complexity index is 467. The van der Waals surface area contributed by atoms with Gasteiger partial charge in [0, 0.05) is 12.5 Å². The number of carbonyl (C=O) groups excluding carboxylic acids is 1. The number of hydrogen-bond acceptors (Lipinski definition) is 2. The van der Waals surface area contributed by atoms with E-state index in [4.69, 9.17) is 5.73 Å². The van der Waals surface area contributed by atoms with E-state index in [2.05, 4.69) is 26.1 Å². The second kappa shape index (κ2) is 6.11. The number of carbonyl (C=O) groups is 1. The third kappa shape index (κ3) is 2.73. The molecule has 0 radical (unpaired) electrons. The molecule has 2 heterocycles. The molecular formula is C15H25N2OP. The van der Waals surface area contributed by atoms with Gasteiger partial charge in [0.15, 0.2) is 0 Å². The number of hydrogen-bond donors (Lipinski definition) is 2. The third-order valence-electron chi connectivity index (χ3n) is 4.39. The van der Waals surface area contributed by atoms with Gasteiger partial charge in [0.05, 0.1) is 5.30 Å². The van der Waals surface area contributed by atoms with Gasteiger partial charge >= 0.3 is 0 Å². The lowest BCUT2D eigenvalue weighted by atomic mass is 9.80. The minimum Gasteiger partial charge on any atom is -0.365 e. The van der Waals surface area contributed by atoms with Crippen molar-refractivity contribution in [2.24, 2.45) is 11.7 Å². The second-order valence-corrected chi connectivity index (χ2v) is 6.87. The van der Waals surface area contributed by atoms with E-state index < -0.39 is 0 Å². The molecule has 106 valence electrons. The lowest BCUT2D eigenvalue weighted by Gasteiger charge is -2.31. The summed E-state index contributed by atoms with van der Waals surface area (Å²) in [5, 5.41) is 5.83. The van der Waals surface area contributed by atoms with E-state index in [-0.39, 0.29) is 5.91 Å². The minimum absolute atomic E-state index is 0.208. The number of nitrogens with two attached hydrogens (primary N) is 1. The predicted octanol–water partition coefficient (Wildman–Crippen LogP) is 2.65. The molecule has 0 aliphatic carbocycles. The van der Waals surface area contributed by atoms with E-state index in [1.807, 2.05) is 0 Å². The third-order valence-corrected chi connectivity index (χ3v) is 6.11. The van der Waals surface area contributed by atoms with E-state index in [1.54, 1.807) is 0 Å². The molecule has 19 heavy (non-hydrogen) atoms. The highest BCUT2D eigenvalue weighted by Crippen LogP contribution is 2.42. The number of piperidine rings is 1. The van der Waals surface area contributed by atoms with E-state index in [9.17, 15) is 4.79 Å². The number of primary amides is 1. The fourth-order valence-electron chi connectivity index (χ4n) is 3.29. The van der Waals surface area contributed by atoms with Gasteiger partial charge in [0.1, 0.15) is 0 Å². The van der Waals surface area contributed by atoms with E-state index in [0.717, 1.165) is 31.2 Å². The van der Waals surface area contributed by atoms with Crippen LogP contribution in [0.4, 0.5) is 0 Å². The first-order valence-electron chi connectivity index (χ1n) is 7.34. The highest BCUT2D eigenvalue weighted by molar-refractivity contribution is 7.33. The molecule has 1 saturated heterocycles. The van der Waals surface area contributed by atoms with Crippen molar-refractivity contribution in [3.8, 4) is 0 Å². The number of aryl methyl sites for hydroxylation is 1. The van der Waals surface area contributed by atoms with Gasteiger partial charge < -0.3 is 11.1 Å². The largest absolute Gasteiger partial charge is 0.365 e. The Balaban J connectivity index is 2.51. The summed E-state index contributed by atoms with van der Waals surface area (Å²) in [5.74, 6) is 0.886. The van der Waals surface area contributed by atoms with E-state index in [1.165, 1.54) is 22.8 Å². The Morgan fingerprint density at radius 2 is 2.16 bits per heavy atom. The Morgan fingerprint density at radius 1 is 1.42 bits per heavy atom. The van der Waals surface area contributed by atoms with Gasteiger partial charge in [-0.15, -0.1) is 8.19 Å². The summed E-state index contributed by atoms with van der Waals surface area (Å²) in [5.41, 5.74) is 8.36. The van der Waals surface area contributed by atoms with Crippen molar-refractivity contribution >= 4 is 14.1 Å². The molecule has 4 heteroatoms. The van der Waals surface area contributed by atoms with Crippen LogP contribution in [0, 0.1) is 5.92 Å². The molecule has 1 fully saturated rings. The standard InChI is InChI=1S/C15H25N2OP/c1-4-10-12(5-2)19-14(15(16)18)13(10)11-8-17-7-6-9(11)3/h9,11,17,19H,4-8H2,1-3H3,(H2,16,18)/t9-,11-/m1/s1. The van der Waals surface area contributed by atoms with Crippen molar-refractivity contribution in [1.82, 2.24) is 5.32 Å². The van der Waals surface area contributed by atoms with Crippen LogP contribution in [0.25, 0.3) is 0 Å². The number of amides is 1. The Labute approximate surface area is 117 Å². The van der Waals surface area contributed by atoms with Crippen molar-refractivity contribution in [3.05, 3.63) is 21.7 Å². The molecule has 3 atom stereocenters. The topological polar surface area (TPSA) is 55.1 Å². The number of rotatable bonds is 4. The van der Waals surface area contributed by atoms with Crippen LogP contribution in [0.5, 0.6) is 0 Å². The molecule has 2 rings (SSSR count). The lowest BCUT2D eigenvalue weighted by Crippen LogP contribution is -2.35. The van der Waals surface area contributed by atoms with Crippen LogP contribution in [0.2, 0.25) is 0 Å². The average molecular weight is 280 g/mol. The van der Waals surface area contributed by atoms with Crippen LogP contribution in [0.3, 0.4) is 0 Å². The first-order valence-corrected chi connectivity index (χ1v) is 8.34. The maximum Gasteiger partial charge on any atom is 0.252 e. The van der Waals surface area contributed by atoms with Crippen molar-refractivity contribution in [3.63, 3.8) is 0 Å². The van der Waals surface area contributed by atoms with Crippen molar-refractivity contribution < 1.29 is 4.79 Å². The molecule has 0 spiro atoms. The lowest BCUT2D eigenvalue weighted by molar-refractivity contribution is 0.100. The summed E-state index contributed by atoms with van der Waals surface area (Å²) < 4.78 is 0. The van der Waals surface area contributed by atoms with Crippen molar-refractivity contribution in [2.75, 3.05) is 13.1 Å². The summed E-state index contributed by atoms with van der Waals surface area (Å²) in [7, 11) is 0.510. The molecule has 0 aromatic carbocycles. The Kier molecular flexibility index (Phi) is 4.70. The second-order valence-electron chi connectivity index (χ2n) is 5.52. The molecule has 1 amide bonds. The Morgan fingerprint density at radius 3 is 2.68 bits per heavy atom. The SMILES string of the molecule is CCc1[pH]c(C(N)=O)c([C@@H]2CNCC[C@H]2C)c1CC. The van der Waals surface area contributed by atoms with Crippen LogP contribution in [0.15, 0.2) is 0 Å². The van der Waals surface area contributed by atoms with Crippen LogP contribution < -0.4 is 11.1 Å². The highest BCUT2D eigenvalue weighted by atomic mass is 31.0. The smallest absolute Gasteiger partial charge is 0.252 e. The van der Waals surface area contributed by atoms with Gasteiger partial charge in [0.2, 0.25) is 0 Å². The fraction of sp³-hybridized carbons (Fsp3) is 0.667. The first kappa shape index (κ1) is 14.6. The quantitative estimate of drug-likeness (QED) is 0.891. The van der Waals surface area contributed by atoms with Crippen molar-refractivity contribution in [2.45, 2.75) is 46.0 Å². The molecule has 3 N–H and O–H groups in total. The zero-order chi connectivity index (χ0) is 14.0. The van der Waals surface area contributed by atoms with Gasteiger partial charge in [-0.1, -0.05) is 20.8 Å². The predicted molar refractivity (Wildman–Crippen MR) is 82.6 cm³/mol. The minimum atomic E-state index is -0.208. The Hall–Kier alpha value is -0.790. The van der Waals surface area contributed by atoms with Gasteiger partial charge in [-0.2, -0.15) is 0 Å². The van der Waals surface area contributed by atoms with Gasteiger partial charge in [-0.3, -0.25) is 4.79 Å². The molecule has 1 aromatic heterocycles. The molecule has 1 aromatic rings. The van der Waals surface area contributed by atoms with Crippen LogP contribution in [-0.4, -0.2) is 19.0 Å². The normalized spacial score (nSPS) is 23.9. The summed E-state index contributed by atoms with van der Waals surface area (Å²) >= 11 is 0. The van der Waals surface area contributed by atoms with Gasteiger partial charge in [0.25, 0.3) is 5.91 Å². The zero-order valence-electron chi connectivity index (χ0n) is 12.2. The maximum atomic E-state index is 11.8. The number of nitrogens with one attached hydrogen (secondary N) is 1. The van der Waals surface area contributed by atoms with Gasteiger partial charge in [-0.05, 0) is 48.1 Å². The van der Waals surface area contributed by atoms with E-state index in [0.29, 0.717) is 20.0 Å². The molecule has 1 aliphatic rings.